The minimum atomic E-state index is -0.741. The third-order valence-corrected chi connectivity index (χ3v) is 3.78. The van der Waals surface area contributed by atoms with Crippen LogP contribution < -0.4 is 10.1 Å². The van der Waals surface area contributed by atoms with Gasteiger partial charge >= 0.3 is 0 Å². The van der Waals surface area contributed by atoms with E-state index < -0.39 is 11.0 Å². The summed E-state index contributed by atoms with van der Waals surface area (Å²) in [5.74, 6) is 0.183. The Bertz CT molecular complexity index is 731. The Labute approximate surface area is 141 Å². The normalized spacial score (nSPS) is 11.6. The number of nitrogens with one attached hydrogen (secondary N) is 1. The minimum absolute atomic E-state index is 0.0377. The number of ether oxygens (including phenoxy) is 1. The summed E-state index contributed by atoms with van der Waals surface area (Å²) in [6, 6.07) is 11.6. The van der Waals surface area contributed by atoms with Gasteiger partial charge < -0.3 is 10.1 Å². The molecule has 0 unspecified atom stereocenters. The summed E-state index contributed by atoms with van der Waals surface area (Å²) in [6.45, 7) is 3.21. The summed E-state index contributed by atoms with van der Waals surface area (Å²) in [7, 11) is 0. The fourth-order valence-corrected chi connectivity index (χ4v) is 2.23. The standard InChI is InChI=1S/C16H15BrN2O4/c1-10-14(4-3-5-15(10)19(21)22)18-16(20)11(2)23-13-8-6-12(17)7-9-13/h3-9,11H,1-2H3,(H,18,20)/t11-/m1/s1. The van der Waals surface area contributed by atoms with E-state index in [-0.39, 0.29) is 11.6 Å². The van der Waals surface area contributed by atoms with Gasteiger partial charge in [-0.15, -0.1) is 0 Å². The van der Waals surface area contributed by atoms with Crippen LogP contribution in [0.25, 0.3) is 0 Å². The van der Waals surface area contributed by atoms with Crippen LogP contribution in [0.3, 0.4) is 0 Å². The van der Waals surface area contributed by atoms with Gasteiger partial charge in [-0.05, 0) is 44.2 Å². The first-order chi connectivity index (χ1) is 10.9. The lowest BCUT2D eigenvalue weighted by atomic mass is 10.1. The number of nitro benzene ring substituents is 1. The van der Waals surface area contributed by atoms with Crippen molar-refractivity contribution in [3.8, 4) is 5.75 Å². The van der Waals surface area contributed by atoms with Crippen molar-refractivity contribution in [1.82, 2.24) is 0 Å². The number of rotatable bonds is 5. The van der Waals surface area contributed by atoms with Crippen LogP contribution >= 0.6 is 15.9 Å². The van der Waals surface area contributed by atoms with Gasteiger partial charge in [-0.25, -0.2) is 0 Å². The van der Waals surface area contributed by atoms with Crippen LogP contribution in [-0.2, 0) is 4.79 Å². The van der Waals surface area contributed by atoms with E-state index >= 15 is 0 Å². The highest BCUT2D eigenvalue weighted by Crippen LogP contribution is 2.25. The van der Waals surface area contributed by atoms with Crippen LogP contribution in [0.4, 0.5) is 11.4 Å². The largest absolute Gasteiger partial charge is 0.481 e. The van der Waals surface area contributed by atoms with Crippen molar-refractivity contribution < 1.29 is 14.5 Å². The molecule has 0 aromatic heterocycles. The molecular formula is C16H15BrN2O4. The molecule has 6 nitrogen and oxygen atoms in total. The van der Waals surface area contributed by atoms with Gasteiger partial charge in [0.05, 0.1) is 16.2 Å². The number of carbonyl (C=O) groups is 1. The highest BCUT2D eigenvalue weighted by Gasteiger charge is 2.19. The van der Waals surface area contributed by atoms with Crippen molar-refractivity contribution in [2.75, 3.05) is 5.32 Å². The first-order valence-electron chi connectivity index (χ1n) is 6.85. The van der Waals surface area contributed by atoms with Crippen molar-refractivity contribution in [1.29, 1.82) is 0 Å². The zero-order valence-corrected chi connectivity index (χ0v) is 14.2. The van der Waals surface area contributed by atoms with Crippen molar-refractivity contribution in [2.24, 2.45) is 0 Å². The smallest absolute Gasteiger partial charge is 0.274 e. The molecule has 2 rings (SSSR count). The Kier molecular flexibility index (Phi) is 5.33. The van der Waals surface area contributed by atoms with Gasteiger partial charge in [0.15, 0.2) is 6.10 Å². The van der Waals surface area contributed by atoms with Crippen molar-refractivity contribution >= 4 is 33.2 Å². The fourth-order valence-electron chi connectivity index (χ4n) is 1.96. The zero-order chi connectivity index (χ0) is 17.0. The Morgan fingerprint density at radius 1 is 1.26 bits per heavy atom. The molecule has 0 aliphatic heterocycles. The molecule has 0 bridgehead atoms. The molecule has 0 fully saturated rings. The van der Waals surface area contributed by atoms with Gasteiger partial charge in [0.2, 0.25) is 0 Å². The third-order valence-electron chi connectivity index (χ3n) is 3.26. The molecule has 1 amide bonds. The molecule has 0 aliphatic rings. The van der Waals surface area contributed by atoms with E-state index in [4.69, 9.17) is 4.74 Å². The first-order valence-corrected chi connectivity index (χ1v) is 7.65. The molecular weight excluding hydrogens is 364 g/mol. The topological polar surface area (TPSA) is 81.5 Å². The van der Waals surface area contributed by atoms with E-state index in [2.05, 4.69) is 21.2 Å². The van der Waals surface area contributed by atoms with E-state index in [0.29, 0.717) is 17.0 Å². The van der Waals surface area contributed by atoms with Gasteiger partial charge in [-0.3, -0.25) is 14.9 Å². The van der Waals surface area contributed by atoms with Gasteiger partial charge in [0, 0.05) is 10.5 Å². The summed E-state index contributed by atoms with van der Waals surface area (Å²) in [5, 5.41) is 13.6. The number of anilines is 1. The lowest BCUT2D eigenvalue weighted by Gasteiger charge is -2.15. The molecule has 1 atom stereocenters. The number of nitrogens with zero attached hydrogens (tertiary/aromatic N) is 1. The van der Waals surface area contributed by atoms with E-state index in [1.54, 1.807) is 32.0 Å². The van der Waals surface area contributed by atoms with Crippen LogP contribution in [0.2, 0.25) is 0 Å². The predicted octanol–water partition coefficient (Wildman–Crippen LogP) is 4.07. The molecule has 0 aliphatic carbocycles. The second-order valence-electron chi connectivity index (χ2n) is 4.91. The van der Waals surface area contributed by atoms with Crippen LogP contribution in [0.1, 0.15) is 12.5 Å². The quantitative estimate of drug-likeness (QED) is 0.627. The zero-order valence-electron chi connectivity index (χ0n) is 12.6. The number of carbonyl (C=O) groups excluding carboxylic acids is 1. The highest BCUT2D eigenvalue weighted by molar-refractivity contribution is 9.10. The van der Waals surface area contributed by atoms with E-state index in [9.17, 15) is 14.9 Å². The predicted molar refractivity (Wildman–Crippen MR) is 90.7 cm³/mol. The molecule has 2 aromatic rings. The Morgan fingerprint density at radius 3 is 2.52 bits per heavy atom. The van der Waals surface area contributed by atoms with Gasteiger partial charge in [0.25, 0.3) is 11.6 Å². The Balaban J connectivity index is 2.08. The third kappa shape index (κ3) is 4.29. The molecule has 0 saturated heterocycles. The molecule has 0 heterocycles. The number of benzene rings is 2. The number of hydrogen-bond donors (Lipinski definition) is 1. The Morgan fingerprint density at radius 2 is 1.91 bits per heavy atom. The fraction of sp³-hybridized carbons (Fsp3) is 0.188. The lowest BCUT2D eigenvalue weighted by Crippen LogP contribution is -2.30. The molecule has 7 heteroatoms. The number of hydrogen-bond acceptors (Lipinski definition) is 4. The summed E-state index contributed by atoms with van der Waals surface area (Å²) < 4.78 is 6.47. The SMILES string of the molecule is Cc1c(NC(=O)[C@@H](C)Oc2ccc(Br)cc2)cccc1[N+](=O)[O-]. The number of halogens is 1. The maximum absolute atomic E-state index is 12.2. The summed E-state index contributed by atoms with van der Waals surface area (Å²) in [6.07, 6.45) is -0.741. The summed E-state index contributed by atoms with van der Waals surface area (Å²) in [4.78, 5) is 22.6. The van der Waals surface area contributed by atoms with E-state index in [0.717, 1.165) is 4.47 Å². The molecule has 1 N–H and O–H groups in total. The summed E-state index contributed by atoms with van der Waals surface area (Å²) in [5.41, 5.74) is 0.765. The van der Waals surface area contributed by atoms with Crippen molar-refractivity contribution in [3.63, 3.8) is 0 Å². The van der Waals surface area contributed by atoms with E-state index in [1.807, 2.05) is 12.1 Å². The number of nitro groups is 1. The maximum atomic E-state index is 12.2. The van der Waals surface area contributed by atoms with Crippen LogP contribution in [0.5, 0.6) is 5.75 Å². The number of amides is 1. The Hall–Kier alpha value is -2.41. The average Bonchev–Trinajstić information content (AvgIpc) is 2.51. The second kappa shape index (κ2) is 7.23. The van der Waals surface area contributed by atoms with Gasteiger partial charge in [-0.1, -0.05) is 22.0 Å². The van der Waals surface area contributed by atoms with Crippen LogP contribution in [0, 0.1) is 17.0 Å². The molecule has 0 saturated carbocycles. The monoisotopic (exact) mass is 378 g/mol. The molecule has 23 heavy (non-hydrogen) atoms. The molecule has 2 aromatic carbocycles. The molecule has 0 spiro atoms. The molecule has 120 valence electrons. The minimum Gasteiger partial charge on any atom is -0.481 e. The first kappa shape index (κ1) is 17.0. The highest BCUT2D eigenvalue weighted by atomic mass is 79.9. The van der Waals surface area contributed by atoms with Crippen LogP contribution in [-0.4, -0.2) is 16.9 Å². The van der Waals surface area contributed by atoms with E-state index in [1.165, 1.54) is 12.1 Å². The lowest BCUT2D eigenvalue weighted by molar-refractivity contribution is -0.385. The molecule has 0 radical (unpaired) electrons. The van der Waals surface area contributed by atoms with Crippen LogP contribution in [0.15, 0.2) is 46.9 Å². The average molecular weight is 379 g/mol. The van der Waals surface area contributed by atoms with Gasteiger partial charge in [-0.2, -0.15) is 0 Å². The maximum Gasteiger partial charge on any atom is 0.274 e. The van der Waals surface area contributed by atoms with Gasteiger partial charge in [0.1, 0.15) is 5.75 Å². The van der Waals surface area contributed by atoms with Crippen molar-refractivity contribution in [3.05, 3.63) is 62.6 Å². The van der Waals surface area contributed by atoms with Crippen molar-refractivity contribution in [2.45, 2.75) is 20.0 Å². The summed E-state index contributed by atoms with van der Waals surface area (Å²) >= 11 is 3.32. The second-order valence-corrected chi connectivity index (χ2v) is 5.83.